The zero-order valence-electron chi connectivity index (χ0n) is 10.1. The van der Waals surface area contributed by atoms with Crippen molar-refractivity contribution in [2.75, 3.05) is 13.2 Å². The maximum absolute atomic E-state index is 13.7. The van der Waals surface area contributed by atoms with Gasteiger partial charge in [-0.25, -0.2) is 4.39 Å². The van der Waals surface area contributed by atoms with Gasteiger partial charge in [0, 0.05) is 6.61 Å². The summed E-state index contributed by atoms with van der Waals surface area (Å²) in [6.07, 6.45) is 1.24. The molecule has 17 heavy (non-hydrogen) atoms. The van der Waals surface area contributed by atoms with E-state index >= 15 is 0 Å². The molecule has 1 aromatic carbocycles. The maximum Gasteiger partial charge on any atom is 0.197 e. The summed E-state index contributed by atoms with van der Waals surface area (Å²) in [5.74, 6) is 0.247. The molecule has 1 N–H and O–H groups in total. The fourth-order valence-electron chi connectivity index (χ4n) is 1.84. The molecule has 0 amide bonds. The van der Waals surface area contributed by atoms with Crippen molar-refractivity contribution in [2.45, 2.75) is 32.3 Å². The number of aliphatic hydroxyl groups is 1. The van der Waals surface area contributed by atoms with Gasteiger partial charge >= 0.3 is 0 Å². The largest absolute Gasteiger partial charge is 0.483 e. The highest BCUT2D eigenvalue weighted by molar-refractivity contribution is 5.45. The molecule has 1 aliphatic heterocycles. The van der Waals surface area contributed by atoms with Crippen molar-refractivity contribution in [1.29, 1.82) is 0 Å². The molecule has 4 heteroatoms. The molecule has 1 aliphatic rings. The van der Waals surface area contributed by atoms with Gasteiger partial charge in [0.25, 0.3) is 0 Å². The highest BCUT2D eigenvalue weighted by Crippen LogP contribution is 2.38. The smallest absolute Gasteiger partial charge is 0.197 e. The summed E-state index contributed by atoms with van der Waals surface area (Å²) in [4.78, 5) is 0. The topological polar surface area (TPSA) is 38.7 Å². The lowest BCUT2D eigenvalue weighted by Gasteiger charge is -2.32. The molecule has 3 nitrogen and oxygen atoms in total. The summed E-state index contributed by atoms with van der Waals surface area (Å²) in [5, 5.41) is 8.77. The predicted molar refractivity (Wildman–Crippen MR) is 62.0 cm³/mol. The fourth-order valence-corrected chi connectivity index (χ4v) is 1.84. The lowest BCUT2D eigenvalue weighted by Crippen LogP contribution is -2.39. The molecule has 2 rings (SSSR count). The Morgan fingerprint density at radius 2 is 2.18 bits per heavy atom. The number of aliphatic hydroxyl groups excluding tert-OH is 1. The second-order valence-electron chi connectivity index (χ2n) is 4.88. The third-order valence-electron chi connectivity index (χ3n) is 2.64. The van der Waals surface area contributed by atoms with E-state index in [0.717, 1.165) is 5.56 Å². The Labute approximate surface area is 100 Å². The molecule has 0 saturated heterocycles. The fraction of sp³-hybridized carbons (Fsp3) is 0.538. The minimum atomic E-state index is -0.435. The van der Waals surface area contributed by atoms with Gasteiger partial charge < -0.3 is 14.6 Å². The Bertz CT molecular complexity index is 415. The van der Waals surface area contributed by atoms with Gasteiger partial charge in [-0.15, -0.1) is 0 Å². The van der Waals surface area contributed by atoms with Crippen LogP contribution in [0.4, 0.5) is 4.39 Å². The second-order valence-corrected chi connectivity index (χ2v) is 4.88. The first-order valence-corrected chi connectivity index (χ1v) is 5.77. The van der Waals surface area contributed by atoms with E-state index in [1.165, 1.54) is 6.07 Å². The minimum absolute atomic E-state index is 0.0988. The van der Waals surface area contributed by atoms with Gasteiger partial charge in [0.15, 0.2) is 17.3 Å². The van der Waals surface area contributed by atoms with Gasteiger partial charge in [-0.2, -0.15) is 0 Å². The first kappa shape index (κ1) is 12.2. The molecule has 1 aromatic rings. The number of ether oxygens (including phenoxy) is 2. The SMILES string of the molecule is CC1(C)COc2c(F)cc(CCCO)cc2O1. The normalized spacial score (nSPS) is 16.9. The molecule has 0 fully saturated rings. The highest BCUT2D eigenvalue weighted by atomic mass is 19.1. The van der Waals surface area contributed by atoms with E-state index in [9.17, 15) is 4.39 Å². The molecule has 0 atom stereocenters. The predicted octanol–water partition coefficient (Wildman–Crippen LogP) is 2.30. The van der Waals surface area contributed by atoms with Gasteiger partial charge in [-0.05, 0) is 44.4 Å². The molecular weight excluding hydrogens is 223 g/mol. The average Bonchev–Trinajstić information content (AvgIpc) is 2.24. The lowest BCUT2D eigenvalue weighted by molar-refractivity contribution is 0.0183. The first-order chi connectivity index (χ1) is 8.02. The molecular formula is C13H17FO3. The lowest BCUT2D eigenvalue weighted by atomic mass is 10.1. The molecule has 94 valence electrons. The highest BCUT2D eigenvalue weighted by Gasteiger charge is 2.30. The molecule has 0 saturated carbocycles. The maximum atomic E-state index is 13.7. The molecule has 0 unspecified atom stereocenters. The van der Waals surface area contributed by atoms with Gasteiger partial charge in [-0.1, -0.05) is 0 Å². The second kappa shape index (κ2) is 4.53. The third kappa shape index (κ3) is 2.69. The summed E-state index contributed by atoms with van der Waals surface area (Å²) < 4.78 is 24.8. The zero-order chi connectivity index (χ0) is 12.5. The van der Waals surface area contributed by atoms with E-state index in [-0.39, 0.29) is 12.4 Å². The van der Waals surface area contributed by atoms with Crippen molar-refractivity contribution >= 4 is 0 Å². The van der Waals surface area contributed by atoms with Crippen LogP contribution >= 0.6 is 0 Å². The Hall–Kier alpha value is -1.29. The number of rotatable bonds is 3. The van der Waals surface area contributed by atoms with E-state index in [2.05, 4.69) is 0 Å². The Morgan fingerprint density at radius 3 is 2.88 bits per heavy atom. The quantitative estimate of drug-likeness (QED) is 0.881. The zero-order valence-corrected chi connectivity index (χ0v) is 10.1. The summed E-state index contributed by atoms with van der Waals surface area (Å²) >= 11 is 0. The van der Waals surface area contributed by atoms with E-state index in [0.29, 0.717) is 25.2 Å². The van der Waals surface area contributed by atoms with Gasteiger partial charge in [0.1, 0.15) is 12.2 Å². The van der Waals surface area contributed by atoms with Crippen molar-refractivity contribution in [1.82, 2.24) is 0 Å². The Morgan fingerprint density at radius 1 is 1.41 bits per heavy atom. The van der Waals surface area contributed by atoms with Gasteiger partial charge in [0.05, 0.1) is 0 Å². The first-order valence-electron chi connectivity index (χ1n) is 5.77. The minimum Gasteiger partial charge on any atom is -0.483 e. The van der Waals surface area contributed by atoms with Crippen LogP contribution in [0.1, 0.15) is 25.8 Å². The summed E-state index contributed by atoms with van der Waals surface area (Å²) in [6.45, 7) is 4.23. The van der Waals surface area contributed by atoms with Crippen LogP contribution in [0.5, 0.6) is 11.5 Å². The van der Waals surface area contributed by atoms with E-state index in [4.69, 9.17) is 14.6 Å². The standard InChI is InChI=1S/C13H17FO3/c1-13(2)8-16-12-10(14)6-9(4-3-5-15)7-11(12)17-13/h6-7,15H,3-5,8H2,1-2H3. The van der Waals surface area contributed by atoms with Crippen LogP contribution in [-0.4, -0.2) is 23.9 Å². The van der Waals surface area contributed by atoms with E-state index in [1.807, 2.05) is 13.8 Å². The van der Waals surface area contributed by atoms with Crippen molar-refractivity contribution in [2.24, 2.45) is 0 Å². The van der Waals surface area contributed by atoms with Crippen LogP contribution in [-0.2, 0) is 6.42 Å². The number of halogens is 1. The third-order valence-corrected chi connectivity index (χ3v) is 2.64. The average molecular weight is 240 g/mol. The number of hydrogen-bond acceptors (Lipinski definition) is 3. The van der Waals surface area contributed by atoms with Crippen LogP contribution in [0.3, 0.4) is 0 Å². The van der Waals surface area contributed by atoms with Gasteiger partial charge in [-0.3, -0.25) is 0 Å². The van der Waals surface area contributed by atoms with E-state index < -0.39 is 11.4 Å². The molecule has 0 bridgehead atoms. The molecule has 0 radical (unpaired) electrons. The Balaban J connectivity index is 2.28. The summed E-state index contributed by atoms with van der Waals surface area (Å²) in [7, 11) is 0. The molecule has 0 aliphatic carbocycles. The van der Waals surface area contributed by atoms with Crippen molar-refractivity contribution in [3.05, 3.63) is 23.5 Å². The van der Waals surface area contributed by atoms with Crippen LogP contribution in [0.2, 0.25) is 0 Å². The number of aryl methyl sites for hydroxylation is 1. The van der Waals surface area contributed by atoms with Gasteiger partial charge in [0.2, 0.25) is 0 Å². The van der Waals surface area contributed by atoms with Crippen LogP contribution < -0.4 is 9.47 Å². The van der Waals surface area contributed by atoms with Crippen LogP contribution in [0.15, 0.2) is 12.1 Å². The van der Waals surface area contributed by atoms with Crippen molar-refractivity contribution in [3.63, 3.8) is 0 Å². The van der Waals surface area contributed by atoms with Crippen LogP contribution in [0, 0.1) is 5.82 Å². The number of hydrogen-bond donors (Lipinski definition) is 1. The molecule has 1 heterocycles. The molecule has 0 aromatic heterocycles. The monoisotopic (exact) mass is 240 g/mol. The number of fused-ring (bicyclic) bond motifs is 1. The van der Waals surface area contributed by atoms with E-state index in [1.54, 1.807) is 6.07 Å². The number of benzene rings is 1. The summed E-state index contributed by atoms with van der Waals surface area (Å²) in [5.41, 5.74) is 0.381. The van der Waals surface area contributed by atoms with Crippen molar-refractivity contribution < 1.29 is 19.0 Å². The summed E-state index contributed by atoms with van der Waals surface area (Å²) in [6, 6.07) is 3.23. The molecule has 0 spiro atoms. The Kier molecular flexibility index (Phi) is 3.24. The van der Waals surface area contributed by atoms with Crippen LogP contribution in [0.25, 0.3) is 0 Å². The van der Waals surface area contributed by atoms with Crippen molar-refractivity contribution in [3.8, 4) is 11.5 Å².